The summed E-state index contributed by atoms with van der Waals surface area (Å²) in [7, 11) is 2.27. The SMILES string of the molecule is CN1[C@@H]2CC[C@H]1CC(Oc1ccc3cc(Br)ccc3c1)C2. The van der Waals surface area contributed by atoms with Crippen molar-refractivity contribution in [2.24, 2.45) is 0 Å². The molecule has 0 radical (unpaired) electrons. The average Bonchev–Trinajstić information content (AvgIpc) is 2.70. The first-order chi connectivity index (χ1) is 10.2. The molecule has 2 saturated heterocycles. The van der Waals surface area contributed by atoms with Gasteiger partial charge in [0.05, 0.1) is 0 Å². The fourth-order valence-electron chi connectivity index (χ4n) is 3.92. The van der Waals surface area contributed by atoms with Crippen LogP contribution in [0.15, 0.2) is 40.9 Å². The van der Waals surface area contributed by atoms with E-state index in [2.05, 4.69) is 64.3 Å². The minimum absolute atomic E-state index is 0.381. The molecule has 2 nitrogen and oxygen atoms in total. The van der Waals surface area contributed by atoms with Gasteiger partial charge in [-0.3, -0.25) is 0 Å². The van der Waals surface area contributed by atoms with E-state index in [0.717, 1.165) is 22.3 Å². The molecule has 0 aromatic heterocycles. The summed E-state index contributed by atoms with van der Waals surface area (Å²) in [6, 6.07) is 14.3. The summed E-state index contributed by atoms with van der Waals surface area (Å²) in [6.07, 6.45) is 5.41. The molecule has 4 rings (SSSR count). The van der Waals surface area contributed by atoms with Gasteiger partial charge in [-0.1, -0.05) is 28.1 Å². The number of piperidine rings is 1. The van der Waals surface area contributed by atoms with Crippen LogP contribution in [0.25, 0.3) is 10.8 Å². The van der Waals surface area contributed by atoms with E-state index in [0.29, 0.717) is 6.10 Å². The number of benzene rings is 2. The molecule has 2 heterocycles. The van der Waals surface area contributed by atoms with E-state index in [1.54, 1.807) is 0 Å². The highest BCUT2D eigenvalue weighted by Crippen LogP contribution is 2.36. The summed E-state index contributed by atoms with van der Waals surface area (Å²) >= 11 is 3.52. The predicted octanol–water partition coefficient (Wildman–Crippen LogP) is 4.61. The standard InChI is InChI=1S/C18H20BrNO/c1-20-15-5-6-16(20)11-18(10-15)21-17-7-3-12-8-14(19)4-2-13(12)9-17/h2-4,7-9,15-16,18H,5-6,10-11H2,1H3/t15-,16+,18?. The topological polar surface area (TPSA) is 12.5 Å². The molecule has 2 bridgehead atoms. The molecule has 3 atom stereocenters. The van der Waals surface area contributed by atoms with E-state index >= 15 is 0 Å². The van der Waals surface area contributed by atoms with Gasteiger partial charge >= 0.3 is 0 Å². The van der Waals surface area contributed by atoms with Crippen molar-refractivity contribution in [3.05, 3.63) is 40.9 Å². The van der Waals surface area contributed by atoms with Crippen LogP contribution in [0.2, 0.25) is 0 Å². The summed E-state index contributed by atoms with van der Waals surface area (Å²) in [6.45, 7) is 0. The van der Waals surface area contributed by atoms with Gasteiger partial charge in [-0.2, -0.15) is 0 Å². The number of hydrogen-bond donors (Lipinski definition) is 0. The van der Waals surface area contributed by atoms with Gasteiger partial charge in [0.1, 0.15) is 11.9 Å². The predicted molar refractivity (Wildman–Crippen MR) is 89.9 cm³/mol. The average molecular weight is 346 g/mol. The van der Waals surface area contributed by atoms with E-state index in [9.17, 15) is 0 Å². The zero-order valence-corrected chi connectivity index (χ0v) is 13.8. The summed E-state index contributed by atoms with van der Waals surface area (Å²) in [4.78, 5) is 2.55. The summed E-state index contributed by atoms with van der Waals surface area (Å²) in [5.41, 5.74) is 0. The maximum Gasteiger partial charge on any atom is 0.120 e. The number of halogens is 1. The number of ether oxygens (including phenoxy) is 1. The molecule has 3 heteroatoms. The molecule has 21 heavy (non-hydrogen) atoms. The number of hydrogen-bond acceptors (Lipinski definition) is 2. The molecule has 0 saturated carbocycles. The largest absolute Gasteiger partial charge is 0.490 e. The third kappa shape index (κ3) is 2.58. The Balaban J connectivity index is 1.53. The normalized spacial score (nSPS) is 29.0. The zero-order valence-electron chi connectivity index (χ0n) is 12.3. The van der Waals surface area contributed by atoms with Gasteiger partial charge in [-0.15, -0.1) is 0 Å². The Hall–Kier alpha value is -1.06. The van der Waals surface area contributed by atoms with Crippen molar-refractivity contribution in [1.82, 2.24) is 4.90 Å². The van der Waals surface area contributed by atoms with Crippen molar-refractivity contribution in [3.8, 4) is 5.75 Å². The van der Waals surface area contributed by atoms with Gasteiger partial charge in [-0.05, 0) is 67.8 Å². The fraction of sp³-hybridized carbons (Fsp3) is 0.444. The van der Waals surface area contributed by atoms with Crippen molar-refractivity contribution >= 4 is 26.7 Å². The van der Waals surface area contributed by atoms with E-state index in [1.807, 2.05) is 0 Å². The van der Waals surface area contributed by atoms with Crippen LogP contribution < -0.4 is 4.74 Å². The Morgan fingerprint density at radius 3 is 2.43 bits per heavy atom. The van der Waals surface area contributed by atoms with Gasteiger partial charge in [0.25, 0.3) is 0 Å². The molecule has 1 unspecified atom stereocenters. The first kappa shape index (κ1) is 13.6. The molecular weight excluding hydrogens is 326 g/mol. The Labute approximate surface area is 134 Å². The third-order valence-corrected chi connectivity index (χ3v) is 5.62. The third-order valence-electron chi connectivity index (χ3n) is 5.13. The van der Waals surface area contributed by atoms with Gasteiger partial charge in [0.2, 0.25) is 0 Å². The minimum Gasteiger partial charge on any atom is -0.490 e. The van der Waals surface area contributed by atoms with Crippen LogP contribution in [-0.2, 0) is 0 Å². The highest BCUT2D eigenvalue weighted by atomic mass is 79.9. The Morgan fingerprint density at radius 2 is 1.67 bits per heavy atom. The lowest BCUT2D eigenvalue weighted by Gasteiger charge is -2.36. The van der Waals surface area contributed by atoms with Gasteiger partial charge in [0, 0.05) is 16.6 Å². The minimum atomic E-state index is 0.381. The van der Waals surface area contributed by atoms with E-state index in [4.69, 9.17) is 4.74 Å². The van der Waals surface area contributed by atoms with Crippen LogP contribution in [-0.4, -0.2) is 30.1 Å². The van der Waals surface area contributed by atoms with Crippen LogP contribution in [0, 0.1) is 0 Å². The summed E-state index contributed by atoms with van der Waals surface area (Å²) in [5, 5.41) is 2.49. The second kappa shape index (κ2) is 5.29. The molecule has 110 valence electrons. The van der Waals surface area contributed by atoms with Gasteiger partial charge < -0.3 is 9.64 Å². The molecule has 0 N–H and O–H groups in total. The van der Waals surface area contributed by atoms with Crippen LogP contribution >= 0.6 is 15.9 Å². The Kier molecular flexibility index (Phi) is 3.43. The number of rotatable bonds is 2. The molecule has 0 aliphatic carbocycles. The van der Waals surface area contributed by atoms with Crippen molar-refractivity contribution in [2.45, 2.75) is 43.9 Å². The Bertz CT molecular complexity index is 657. The van der Waals surface area contributed by atoms with Crippen molar-refractivity contribution in [1.29, 1.82) is 0 Å². The Morgan fingerprint density at radius 1 is 1.00 bits per heavy atom. The molecule has 0 amide bonds. The van der Waals surface area contributed by atoms with Crippen molar-refractivity contribution in [2.75, 3.05) is 7.05 Å². The highest BCUT2D eigenvalue weighted by molar-refractivity contribution is 9.10. The smallest absolute Gasteiger partial charge is 0.120 e. The lowest BCUT2D eigenvalue weighted by atomic mass is 10.0. The van der Waals surface area contributed by atoms with E-state index < -0.39 is 0 Å². The monoisotopic (exact) mass is 345 g/mol. The molecule has 2 aromatic rings. The van der Waals surface area contributed by atoms with Crippen molar-refractivity contribution < 1.29 is 4.74 Å². The van der Waals surface area contributed by atoms with E-state index in [-0.39, 0.29) is 0 Å². The first-order valence-corrected chi connectivity index (χ1v) is 8.56. The van der Waals surface area contributed by atoms with Crippen LogP contribution in [0.1, 0.15) is 25.7 Å². The molecule has 0 spiro atoms. The number of fused-ring (bicyclic) bond motifs is 3. The highest BCUT2D eigenvalue weighted by Gasteiger charge is 2.39. The van der Waals surface area contributed by atoms with Crippen LogP contribution in [0.3, 0.4) is 0 Å². The van der Waals surface area contributed by atoms with E-state index in [1.165, 1.54) is 36.5 Å². The van der Waals surface area contributed by atoms with Gasteiger partial charge in [-0.25, -0.2) is 0 Å². The second-order valence-corrected chi connectivity index (χ2v) is 7.33. The molecule has 2 aromatic carbocycles. The molecular formula is C18H20BrNO. The summed E-state index contributed by atoms with van der Waals surface area (Å²) in [5.74, 6) is 1.01. The maximum absolute atomic E-state index is 6.28. The summed E-state index contributed by atoms with van der Waals surface area (Å²) < 4.78 is 7.41. The zero-order chi connectivity index (χ0) is 14.4. The maximum atomic E-state index is 6.28. The van der Waals surface area contributed by atoms with Crippen LogP contribution in [0.4, 0.5) is 0 Å². The fourth-order valence-corrected chi connectivity index (χ4v) is 4.30. The molecule has 2 aliphatic heterocycles. The quantitative estimate of drug-likeness (QED) is 0.788. The second-order valence-electron chi connectivity index (χ2n) is 6.42. The van der Waals surface area contributed by atoms with Crippen molar-refractivity contribution in [3.63, 3.8) is 0 Å². The number of nitrogens with zero attached hydrogens (tertiary/aromatic N) is 1. The molecule has 2 fully saturated rings. The van der Waals surface area contributed by atoms with Gasteiger partial charge in [0.15, 0.2) is 0 Å². The van der Waals surface area contributed by atoms with Crippen LogP contribution in [0.5, 0.6) is 5.75 Å². The lowest BCUT2D eigenvalue weighted by molar-refractivity contribution is 0.0662. The first-order valence-electron chi connectivity index (χ1n) is 7.77. The lowest BCUT2D eigenvalue weighted by Crippen LogP contribution is -2.43. The molecule has 2 aliphatic rings.